The normalized spacial score (nSPS) is 24.5. The predicted octanol–water partition coefficient (Wildman–Crippen LogP) is 2.08. The minimum atomic E-state index is -1.01. The molecule has 2 aromatic rings. The maximum absolute atomic E-state index is 13.2. The van der Waals surface area contributed by atoms with Gasteiger partial charge in [-0.15, -0.1) is 0 Å². The third kappa shape index (κ3) is 3.74. The summed E-state index contributed by atoms with van der Waals surface area (Å²) in [5.74, 6) is -0.0412. The van der Waals surface area contributed by atoms with E-state index in [2.05, 4.69) is 16.8 Å². The molecule has 0 saturated carbocycles. The summed E-state index contributed by atoms with van der Waals surface area (Å²) >= 11 is 0. The number of aromatic nitrogens is 1. The fourth-order valence-electron chi connectivity index (χ4n) is 4.32. The summed E-state index contributed by atoms with van der Waals surface area (Å²) < 4.78 is 5.65. The summed E-state index contributed by atoms with van der Waals surface area (Å²) in [6, 6.07) is 5.79. The minimum absolute atomic E-state index is 0.0412. The number of β-amino-alcohol motifs (C(OH)–C–C–N with tert-alkyl or cyclic N) is 1. The molecule has 0 radical (unpaired) electrons. The van der Waals surface area contributed by atoms with E-state index in [1.807, 2.05) is 25.1 Å². The lowest BCUT2D eigenvalue weighted by atomic mass is 10.0. The lowest BCUT2D eigenvalue weighted by Gasteiger charge is -2.34. The zero-order valence-corrected chi connectivity index (χ0v) is 16.3. The molecule has 6 nitrogen and oxygen atoms in total. The molecule has 1 unspecified atom stereocenters. The molecule has 3 heterocycles. The number of aryl methyl sites for hydroxylation is 2. The zero-order chi connectivity index (χ0) is 19.0. The molecule has 2 aliphatic rings. The number of aliphatic hydroxyl groups is 1. The van der Waals surface area contributed by atoms with Crippen molar-refractivity contribution in [2.75, 3.05) is 45.9 Å². The van der Waals surface area contributed by atoms with E-state index in [9.17, 15) is 9.90 Å². The Morgan fingerprint density at radius 3 is 2.81 bits per heavy atom. The Labute approximate surface area is 160 Å². The van der Waals surface area contributed by atoms with Crippen molar-refractivity contribution in [2.45, 2.75) is 32.3 Å². The number of nitrogens with zero attached hydrogens (tertiary/aromatic N) is 2. The number of fused-ring (bicyclic) bond motifs is 1. The summed E-state index contributed by atoms with van der Waals surface area (Å²) in [5, 5.41) is 12.2. The summed E-state index contributed by atoms with van der Waals surface area (Å²) in [4.78, 5) is 20.5. The van der Waals surface area contributed by atoms with Gasteiger partial charge in [0, 0.05) is 35.2 Å². The number of hydrogen-bond donors (Lipinski definition) is 2. The molecule has 0 aliphatic carbocycles. The standard InChI is InChI=1S/C21H29N3O3/c1-15-16(2)22-19-6-5-17(11-18(15)19)20(25)24-9-10-27-14-21(26,13-24)12-23-7-3-4-8-23/h5-6,11,22,26H,3-4,7-10,12-14H2,1-2H3. The quantitative estimate of drug-likeness (QED) is 0.867. The Hall–Kier alpha value is -1.89. The maximum Gasteiger partial charge on any atom is 0.254 e. The molecule has 2 N–H and O–H groups in total. The number of aromatic amines is 1. The van der Waals surface area contributed by atoms with E-state index in [-0.39, 0.29) is 12.5 Å². The highest BCUT2D eigenvalue weighted by atomic mass is 16.5. The van der Waals surface area contributed by atoms with Crippen molar-refractivity contribution in [3.63, 3.8) is 0 Å². The van der Waals surface area contributed by atoms with Crippen LogP contribution in [-0.2, 0) is 4.74 Å². The van der Waals surface area contributed by atoms with Gasteiger partial charge in [-0.1, -0.05) is 0 Å². The maximum atomic E-state index is 13.2. The number of nitrogens with one attached hydrogen (secondary N) is 1. The summed E-state index contributed by atoms with van der Waals surface area (Å²) in [5.41, 5.74) is 2.99. The molecule has 1 aromatic carbocycles. The molecule has 2 fully saturated rings. The topological polar surface area (TPSA) is 68.8 Å². The summed E-state index contributed by atoms with van der Waals surface area (Å²) in [6.07, 6.45) is 2.35. The first kappa shape index (κ1) is 18.5. The number of rotatable bonds is 3. The van der Waals surface area contributed by atoms with Gasteiger partial charge in [0.25, 0.3) is 5.91 Å². The van der Waals surface area contributed by atoms with E-state index in [1.54, 1.807) is 4.90 Å². The first-order valence-electron chi connectivity index (χ1n) is 9.86. The molecule has 0 spiro atoms. The fourth-order valence-corrected chi connectivity index (χ4v) is 4.32. The van der Waals surface area contributed by atoms with Crippen molar-refractivity contribution in [1.82, 2.24) is 14.8 Å². The first-order chi connectivity index (χ1) is 13.0. The highest BCUT2D eigenvalue weighted by Gasteiger charge is 2.36. The van der Waals surface area contributed by atoms with Gasteiger partial charge in [-0.2, -0.15) is 0 Å². The Morgan fingerprint density at radius 2 is 2.04 bits per heavy atom. The molecule has 1 amide bonds. The van der Waals surface area contributed by atoms with Crippen LogP contribution in [-0.4, -0.2) is 77.3 Å². The van der Waals surface area contributed by atoms with Gasteiger partial charge in [-0.25, -0.2) is 0 Å². The highest BCUT2D eigenvalue weighted by molar-refractivity contribution is 5.99. The molecular formula is C21H29N3O3. The van der Waals surface area contributed by atoms with Crippen LogP contribution in [0.3, 0.4) is 0 Å². The Balaban J connectivity index is 1.55. The van der Waals surface area contributed by atoms with E-state index in [4.69, 9.17) is 4.74 Å². The highest BCUT2D eigenvalue weighted by Crippen LogP contribution is 2.24. The van der Waals surface area contributed by atoms with Gasteiger partial charge in [-0.3, -0.25) is 4.79 Å². The second kappa shape index (κ2) is 7.26. The van der Waals surface area contributed by atoms with Crippen molar-refractivity contribution in [3.05, 3.63) is 35.0 Å². The number of amides is 1. The SMILES string of the molecule is Cc1[nH]c2ccc(C(=O)N3CCOCC(O)(CN4CCCC4)C3)cc2c1C. The number of hydrogen-bond acceptors (Lipinski definition) is 4. The van der Waals surface area contributed by atoms with Gasteiger partial charge in [0.05, 0.1) is 19.8 Å². The molecule has 6 heteroatoms. The van der Waals surface area contributed by atoms with Crippen LogP contribution >= 0.6 is 0 Å². The van der Waals surface area contributed by atoms with Gasteiger partial charge in [0.1, 0.15) is 5.60 Å². The number of carbonyl (C=O) groups is 1. The predicted molar refractivity (Wildman–Crippen MR) is 105 cm³/mol. The molecule has 2 saturated heterocycles. The van der Waals surface area contributed by atoms with E-state index in [0.29, 0.717) is 31.8 Å². The van der Waals surface area contributed by atoms with Gasteiger partial charge in [0.15, 0.2) is 0 Å². The first-order valence-corrected chi connectivity index (χ1v) is 9.86. The van der Waals surface area contributed by atoms with Crippen LogP contribution in [0.5, 0.6) is 0 Å². The minimum Gasteiger partial charge on any atom is -0.384 e. The van der Waals surface area contributed by atoms with Gasteiger partial charge in [-0.05, 0) is 63.5 Å². The number of H-pyrrole nitrogens is 1. The van der Waals surface area contributed by atoms with E-state index < -0.39 is 5.60 Å². The zero-order valence-electron chi connectivity index (χ0n) is 16.3. The van der Waals surface area contributed by atoms with Crippen LogP contribution in [0.2, 0.25) is 0 Å². The van der Waals surface area contributed by atoms with Crippen molar-refractivity contribution in [3.8, 4) is 0 Å². The molecule has 27 heavy (non-hydrogen) atoms. The molecule has 1 atom stereocenters. The average molecular weight is 371 g/mol. The van der Waals surface area contributed by atoms with E-state index in [1.165, 1.54) is 18.4 Å². The third-order valence-electron chi connectivity index (χ3n) is 5.92. The van der Waals surface area contributed by atoms with Crippen molar-refractivity contribution >= 4 is 16.8 Å². The van der Waals surface area contributed by atoms with Crippen molar-refractivity contribution < 1.29 is 14.6 Å². The Kier molecular flexibility index (Phi) is 4.97. The van der Waals surface area contributed by atoms with Crippen LogP contribution < -0.4 is 0 Å². The van der Waals surface area contributed by atoms with Crippen LogP contribution in [0.15, 0.2) is 18.2 Å². The Bertz CT molecular complexity index is 841. The largest absolute Gasteiger partial charge is 0.384 e. The van der Waals surface area contributed by atoms with E-state index in [0.717, 1.165) is 29.7 Å². The van der Waals surface area contributed by atoms with Gasteiger partial charge >= 0.3 is 0 Å². The van der Waals surface area contributed by atoms with Crippen LogP contribution in [0.4, 0.5) is 0 Å². The Morgan fingerprint density at radius 1 is 1.26 bits per heavy atom. The van der Waals surface area contributed by atoms with Crippen molar-refractivity contribution in [1.29, 1.82) is 0 Å². The smallest absolute Gasteiger partial charge is 0.254 e. The van der Waals surface area contributed by atoms with Crippen LogP contribution in [0, 0.1) is 13.8 Å². The lowest BCUT2D eigenvalue weighted by molar-refractivity contribution is -0.0524. The number of likely N-dealkylation sites (tertiary alicyclic amines) is 1. The second-order valence-corrected chi connectivity index (χ2v) is 8.12. The van der Waals surface area contributed by atoms with Crippen LogP contribution in [0.1, 0.15) is 34.5 Å². The average Bonchev–Trinajstić information content (AvgIpc) is 3.19. The molecule has 0 bridgehead atoms. The second-order valence-electron chi connectivity index (χ2n) is 8.12. The number of benzene rings is 1. The monoisotopic (exact) mass is 371 g/mol. The summed E-state index contributed by atoms with van der Waals surface area (Å²) in [6.45, 7) is 8.25. The molecule has 2 aliphatic heterocycles. The number of carbonyl (C=O) groups excluding carboxylic acids is 1. The van der Waals surface area contributed by atoms with Gasteiger partial charge < -0.3 is 24.6 Å². The third-order valence-corrected chi connectivity index (χ3v) is 5.92. The van der Waals surface area contributed by atoms with E-state index >= 15 is 0 Å². The molecule has 1 aromatic heterocycles. The molecule has 4 rings (SSSR count). The molecule has 146 valence electrons. The molecular weight excluding hydrogens is 342 g/mol. The summed E-state index contributed by atoms with van der Waals surface area (Å²) in [7, 11) is 0. The fraction of sp³-hybridized carbons (Fsp3) is 0.571. The van der Waals surface area contributed by atoms with Crippen LogP contribution in [0.25, 0.3) is 10.9 Å². The number of ether oxygens (including phenoxy) is 1. The van der Waals surface area contributed by atoms with Crippen molar-refractivity contribution in [2.24, 2.45) is 0 Å². The van der Waals surface area contributed by atoms with Gasteiger partial charge in [0.2, 0.25) is 0 Å². The lowest BCUT2D eigenvalue weighted by Crippen LogP contribution is -2.53.